The summed E-state index contributed by atoms with van der Waals surface area (Å²) in [6.45, 7) is 8.65. The fourth-order valence-corrected chi connectivity index (χ4v) is 5.79. The molecule has 0 aliphatic carbocycles. The van der Waals surface area contributed by atoms with Crippen molar-refractivity contribution in [2.45, 2.75) is 64.1 Å². The lowest BCUT2D eigenvalue weighted by Crippen LogP contribution is -2.54. The maximum Gasteiger partial charge on any atom is 0.264 e. The van der Waals surface area contributed by atoms with Crippen molar-refractivity contribution in [2.75, 3.05) is 10.8 Å². The van der Waals surface area contributed by atoms with Crippen LogP contribution in [0.2, 0.25) is 10.0 Å². The molecule has 0 heterocycles. The molecule has 0 saturated heterocycles. The van der Waals surface area contributed by atoms with Crippen LogP contribution in [0.3, 0.4) is 0 Å². The van der Waals surface area contributed by atoms with E-state index >= 15 is 0 Å². The fraction of sp³-hybridized carbons (Fsp3) is 0.333. The van der Waals surface area contributed by atoms with Crippen LogP contribution >= 0.6 is 23.2 Å². The normalized spacial score (nSPS) is 12.5. The van der Waals surface area contributed by atoms with Gasteiger partial charge in [0.2, 0.25) is 11.8 Å². The summed E-state index contributed by atoms with van der Waals surface area (Å²) < 4.78 is 28.7. The van der Waals surface area contributed by atoms with E-state index in [0.717, 1.165) is 16.3 Å². The second kappa shape index (κ2) is 13.1. The minimum atomic E-state index is -4.12. The van der Waals surface area contributed by atoms with Gasteiger partial charge in [-0.2, -0.15) is 0 Å². The number of hydrogen-bond acceptors (Lipinski definition) is 4. The predicted molar refractivity (Wildman–Crippen MR) is 161 cm³/mol. The molecule has 3 aromatic carbocycles. The second-order valence-electron chi connectivity index (χ2n) is 10.5. The third-order valence-corrected chi connectivity index (χ3v) is 8.77. The number of halogens is 2. The molecule has 1 atom stereocenters. The summed E-state index contributed by atoms with van der Waals surface area (Å²) in [5.41, 5.74) is 1.48. The largest absolute Gasteiger partial charge is 0.350 e. The van der Waals surface area contributed by atoms with Gasteiger partial charge >= 0.3 is 0 Å². The van der Waals surface area contributed by atoms with Gasteiger partial charge in [0.1, 0.15) is 12.6 Å². The Morgan fingerprint density at radius 1 is 0.900 bits per heavy atom. The Balaban J connectivity index is 2.04. The molecule has 0 aromatic heterocycles. The molecule has 0 bridgehead atoms. The molecule has 0 spiro atoms. The van der Waals surface area contributed by atoms with E-state index in [1.165, 1.54) is 17.0 Å². The summed E-state index contributed by atoms with van der Waals surface area (Å²) in [7, 11) is -4.12. The molecule has 10 heteroatoms. The Morgan fingerprint density at radius 2 is 1.50 bits per heavy atom. The summed E-state index contributed by atoms with van der Waals surface area (Å²) in [6, 6.07) is 19.0. The highest BCUT2D eigenvalue weighted by Crippen LogP contribution is 2.27. The molecule has 0 aliphatic rings. The van der Waals surface area contributed by atoms with Crippen LogP contribution in [-0.4, -0.2) is 43.3 Å². The number of anilines is 1. The van der Waals surface area contributed by atoms with E-state index in [1.807, 2.05) is 39.8 Å². The lowest BCUT2D eigenvalue weighted by Gasteiger charge is -2.33. The van der Waals surface area contributed by atoms with E-state index in [-0.39, 0.29) is 17.3 Å². The van der Waals surface area contributed by atoms with Gasteiger partial charge in [0.15, 0.2) is 0 Å². The molecular weight excluding hydrogens is 569 g/mol. The number of hydrogen-bond donors (Lipinski definition) is 1. The van der Waals surface area contributed by atoms with Crippen molar-refractivity contribution in [2.24, 2.45) is 0 Å². The first-order chi connectivity index (χ1) is 18.7. The number of amides is 2. The number of sulfonamides is 1. The molecule has 7 nitrogen and oxygen atoms in total. The number of rotatable bonds is 10. The fourth-order valence-electron chi connectivity index (χ4n) is 4.04. The first-order valence-electron chi connectivity index (χ1n) is 12.9. The molecular formula is C30H35Cl2N3O4S. The Morgan fingerprint density at radius 3 is 2.05 bits per heavy atom. The van der Waals surface area contributed by atoms with Crippen molar-refractivity contribution in [3.8, 4) is 0 Å². The number of benzene rings is 3. The highest BCUT2D eigenvalue weighted by atomic mass is 35.5. The van der Waals surface area contributed by atoms with Gasteiger partial charge in [-0.25, -0.2) is 8.42 Å². The molecule has 40 heavy (non-hydrogen) atoms. The SMILES string of the molecule is CCc1ccc(N(CC(=O)N(Cc2ccc(Cl)c(Cl)c2)C(C)C(=O)NC(C)(C)C)S(=O)(=O)c2ccccc2)cc1. The van der Waals surface area contributed by atoms with E-state index in [2.05, 4.69) is 5.32 Å². The molecule has 1 unspecified atom stereocenters. The minimum Gasteiger partial charge on any atom is -0.350 e. The van der Waals surface area contributed by atoms with E-state index in [1.54, 1.807) is 55.5 Å². The van der Waals surface area contributed by atoms with Crippen LogP contribution < -0.4 is 9.62 Å². The number of aryl methyl sites for hydroxylation is 1. The van der Waals surface area contributed by atoms with E-state index in [0.29, 0.717) is 21.3 Å². The van der Waals surface area contributed by atoms with Gasteiger partial charge in [0.05, 0.1) is 20.6 Å². The van der Waals surface area contributed by atoms with E-state index in [4.69, 9.17) is 23.2 Å². The summed E-state index contributed by atoms with van der Waals surface area (Å²) in [6.07, 6.45) is 0.780. The lowest BCUT2D eigenvalue weighted by atomic mass is 10.1. The average molecular weight is 605 g/mol. The van der Waals surface area contributed by atoms with Gasteiger partial charge in [0.25, 0.3) is 10.0 Å². The Hall–Kier alpha value is -3.07. The first kappa shape index (κ1) is 31.5. The van der Waals surface area contributed by atoms with Gasteiger partial charge in [0, 0.05) is 12.1 Å². The molecule has 2 amide bonds. The molecule has 0 saturated carbocycles. The molecule has 0 fully saturated rings. The van der Waals surface area contributed by atoms with Crippen molar-refractivity contribution >= 4 is 50.7 Å². The second-order valence-corrected chi connectivity index (χ2v) is 13.2. The molecule has 214 valence electrons. The van der Waals surface area contributed by atoms with Crippen molar-refractivity contribution in [3.05, 3.63) is 94.0 Å². The van der Waals surface area contributed by atoms with Crippen LogP contribution in [0.1, 0.15) is 45.7 Å². The number of carbonyl (C=O) groups excluding carboxylic acids is 2. The lowest BCUT2D eigenvalue weighted by molar-refractivity contribution is -0.140. The Labute approximate surface area is 247 Å². The number of carbonyl (C=O) groups is 2. The highest BCUT2D eigenvalue weighted by Gasteiger charge is 2.33. The zero-order chi connectivity index (χ0) is 29.7. The Bertz CT molecular complexity index is 1440. The highest BCUT2D eigenvalue weighted by molar-refractivity contribution is 7.92. The molecule has 0 aliphatic heterocycles. The third-order valence-electron chi connectivity index (χ3n) is 6.25. The quantitative estimate of drug-likeness (QED) is 0.304. The van der Waals surface area contributed by atoms with Crippen molar-refractivity contribution in [3.63, 3.8) is 0 Å². The van der Waals surface area contributed by atoms with Crippen molar-refractivity contribution in [1.29, 1.82) is 0 Å². The standard InChI is InChI=1S/C30H35Cl2N3O4S/c1-6-22-12-15-24(16-13-22)35(40(38,39)25-10-8-7-9-11-25)20-28(36)34(21(2)29(37)33-30(3,4)5)19-23-14-17-26(31)27(32)18-23/h7-18,21H,6,19-20H2,1-5H3,(H,33,37). The van der Waals surface area contributed by atoms with Gasteiger partial charge in [-0.3, -0.25) is 13.9 Å². The molecule has 3 aromatic rings. The monoisotopic (exact) mass is 603 g/mol. The van der Waals surface area contributed by atoms with Crippen LogP contribution in [0.25, 0.3) is 0 Å². The Kier molecular flexibility index (Phi) is 10.3. The average Bonchev–Trinajstić information content (AvgIpc) is 2.91. The van der Waals surface area contributed by atoms with Crippen LogP contribution in [0.15, 0.2) is 77.7 Å². The summed E-state index contributed by atoms with van der Waals surface area (Å²) in [4.78, 5) is 28.6. The summed E-state index contributed by atoms with van der Waals surface area (Å²) in [5, 5.41) is 3.57. The number of nitrogens with zero attached hydrogens (tertiary/aromatic N) is 2. The van der Waals surface area contributed by atoms with Gasteiger partial charge in [-0.1, -0.05) is 66.5 Å². The maximum absolute atomic E-state index is 14.0. The summed E-state index contributed by atoms with van der Waals surface area (Å²) >= 11 is 12.3. The van der Waals surface area contributed by atoms with Crippen LogP contribution in [0, 0.1) is 0 Å². The topological polar surface area (TPSA) is 86.8 Å². The van der Waals surface area contributed by atoms with Crippen LogP contribution in [0.4, 0.5) is 5.69 Å². The first-order valence-corrected chi connectivity index (χ1v) is 15.1. The predicted octanol–water partition coefficient (Wildman–Crippen LogP) is 6.08. The molecule has 1 N–H and O–H groups in total. The summed E-state index contributed by atoms with van der Waals surface area (Å²) in [5.74, 6) is -0.924. The van der Waals surface area contributed by atoms with E-state index in [9.17, 15) is 18.0 Å². The smallest absolute Gasteiger partial charge is 0.264 e. The van der Waals surface area contributed by atoms with Crippen molar-refractivity contribution < 1.29 is 18.0 Å². The van der Waals surface area contributed by atoms with Gasteiger partial charge < -0.3 is 10.2 Å². The van der Waals surface area contributed by atoms with Crippen LogP contribution in [0.5, 0.6) is 0 Å². The maximum atomic E-state index is 14.0. The van der Waals surface area contributed by atoms with Crippen LogP contribution in [-0.2, 0) is 32.6 Å². The zero-order valence-corrected chi connectivity index (χ0v) is 25.6. The van der Waals surface area contributed by atoms with Crippen molar-refractivity contribution in [1.82, 2.24) is 10.2 Å². The third kappa shape index (κ3) is 7.99. The zero-order valence-electron chi connectivity index (χ0n) is 23.3. The van der Waals surface area contributed by atoms with Gasteiger partial charge in [-0.15, -0.1) is 0 Å². The number of nitrogens with one attached hydrogen (secondary N) is 1. The molecule has 0 radical (unpaired) electrons. The molecule has 3 rings (SSSR count). The minimum absolute atomic E-state index is 0.0163. The van der Waals surface area contributed by atoms with Gasteiger partial charge in [-0.05, 0) is 81.6 Å². The van der Waals surface area contributed by atoms with E-state index < -0.39 is 34.1 Å².